The van der Waals surface area contributed by atoms with Crippen LogP contribution in [0.1, 0.15) is 43.4 Å². The average molecular weight is 272 g/mol. The number of carbonyl (C=O) groups excluding carboxylic acids is 1. The Morgan fingerprint density at radius 1 is 1.00 bits per heavy atom. The molecule has 0 aliphatic heterocycles. The van der Waals surface area contributed by atoms with Gasteiger partial charge >= 0.3 is 0 Å². The van der Waals surface area contributed by atoms with Crippen molar-refractivity contribution in [1.29, 1.82) is 0 Å². The smallest absolute Gasteiger partial charge is 0.160 e. The van der Waals surface area contributed by atoms with Gasteiger partial charge in [0.2, 0.25) is 0 Å². The lowest BCUT2D eigenvalue weighted by Gasteiger charge is -2.04. The highest BCUT2D eigenvalue weighted by atomic mass is 32.1. The first-order valence-corrected chi connectivity index (χ1v) is 7.93. The molecule has 0 aromatic carbocycles. The summed E-state index contributed by atoms with van der Waals surface area (Å²) in [5, 5.41) is 2.20. The van der Waals surface area contributed by atoms with Crippen LogP contribution in [0.5, 0.6) is 0 Å². The number of fused-ring (bicyclic) bond motifs is 2. The topological polar surface area (TPSA) is 17.1 Å². The quantitative estimate of drug-likeness (QED) is 0.702. The Hall–Kier alpha value is -1.19. The fraction of sp³-hybridized carbons (Fsp3) is 0.267. The number of thiophene rings is 2. The van der Waals surface area contributed by atoms with Gasteiger partial charge in [-0.2, -0.15) is 0 Å². The normalized spacial score (nSPS) is 21.1. The molecule has 90 valence electrons. The molecule has 0 N–H and O–H groups in total. The number of carbonyl (C=O) groups is 1. The molecule has 0 unspecified atom stereocenters. The van der Waals surface area contributed by atoms with Gasteiger partial charge in [-0.05, 0) is 65.5 Å². The second kappa shape index (κ2) is 3.90. The molecule has 18 heavy (non-hydrogen) atoms. The highest BCUT2D eigenvalue weighted by Crippen LogP contribution is 2.47. The van der Waals surface area contributed by atoms with E-state index in [-0.39, 0.29) is 0 Å². The van der Waals surface area contributed by atoms with Crippen molar-refractivity contribution in [3.8, 4) is 0 Å². The van der Waals surface area contributed by atoms with Crippen LogP contribution < -0.4 is 0 Å². The molecule has 2 aromatic rings. The molecule has 0 saturated carbocycles. The van der Waals surface area contributed by atoms with Gasteiger partial charge in [0, 0.05) is 9.75 Å². The lowest BCUT2D eigenvalue weighted by molar-refractivity contribution is 0.112. The third-order valence-electron chi connectivity index (χ3n) is 3.89. The molecule has 4 rings (SSSR count). The van der Waals surface area contributed by atoms with Crippen LogP contribution in [-0.2, 0) is 12.8 Å². The van der Waals surface area contributed by atoms with Crippen molar-refractivity contribution in [2.45, 2.75) is 25.7 Å². The van der Waals surface area contributed by atoms with E-state index in [2.05, 4.69) is 17.5 Å². The lowest BCUT2D eigenvalue weighted by atomic mass is 10.1. The number of hydrogen-bond donors (Lipinski definition) is 0. The molecule has 0 fully saturated rings. The van der Waals surface area contributed by atoms with Crippen molar-refractivity contribution in [2.75, 3.05) is 0 Å². The molecular weight excluding hydrogens is 260 g/mol. The van der Waals surface area contributed by atoms with Crippen LogP contribution in [0.15, 0.2) is 17.5 Å². The zero-order chi connectivity index (χ0) is 12.1. The van der Waals surface area contributed by atoms with E-state index in [9.17, 15) is 4.79 Å². The van der Waals surface area contributed by atoms with Crippen molar-refractivity contribution in [3.63, 3.8) is 0 Å². The summed E-state index contributed by atoms with van der Waals surface area (Å²) in [5.41, 5.74) is 5.97. The van der Waals surface area contributed by atoms with Crippen molar-refractivity contribution >= 4 is 40.1 Å². The Kier molecular flexibility index (Phi) is 2.32. The second-order valence-corrected chi connectivity index (χ2v) is 6.85. The van der Waals surface area contributed by atoms with Gasteiger partial charge in [-0.25, -0.2) is 0 Å². The summed E-state index contributed by atoms with van der Waals surface area (Å²) in [6.45, 7) is 0. The van der Waals surface area contributed by atoms with Crippen LogP contribution >= 0.6 is 22.7 Å². The van der Waals surface area contributed by atoms with Crippen LogP contribution in [0.25, 0.3) is 11.1 Å². The lowest BCUT2D eigenvalue weighted by Crippen LogP contribution is -1.81. The second-order valence-electron chi connectivity index (χ2n) is 4.85. The monoisotopic (exact) mass is 272 g/mol. The largest absolute Gasteiger partial charge is 0.297 e. The maximum absolute atomic E-state index is 10.9. The Morgan fingerprint density at radius 2 is 1.78 bits per heavy atom. The van der Waals surface area contributed by atoms with E-state index in [1.165, 1.54) is 39.3 Å². The summed E-state index contributed by atoms with van der Waals surface area (Å²) in [7, 11) is 0. The van der Waals surface area contributed by atoms with Crippen LogP contribution in [-0.4, -0.2) is 6.29 Å². The number of allylic oxidation sites excluding steroid dienone is 2. The molecule has 3 heteroatoms. The molecule has 0 atom stereocenters. The van der Waals surface area contributed by atoms with Crippen molar-refractivity contribution < 1.29 is 4.79 Å². The van der Waals surface area contributed by atoms with Gasteiger partial charge in [0.25, 0.3) is 0 Å². The van der Waals surface area contributed by atoms with E-state index in [0.717, 1.165) is 24.0 Å². The van der Waals surface area contributed by atoms with E-state index in [1.807, 2.05) is 11.3 Å². The summed E-state index contributed by atoms with van der Waals surface area (Å²) in [4.78, 5) is 14.7. The number of rotatable bonds is 1. The molecule has 2 aliphatic carbocycles. The van der Waals surface area contributed by atoms with Gasteiger partial charge in [-0.3, -0.25) is 4.79 Å². The standard InChI is InChI=1S/C15H12OS2/c16-8-11-7-10-2-4-13(15(10)18-11)12-3-1-9-5-6-17-14(9)12/h5-8H,1-4H2. The fourth-order valence-corrected chi connectivity index (χ4v) is 5.25. The van der Waals surface area contributed by atoms with E-state index < -0.39 is 0 Å². The van der Waals surface area contributed by atoms with Gasteiger partial charge < -0.3 is 0 Å². The van der Waals surface area contributed by atoms with E-state index in [1.54, 1.807) is 16.9 Å². The molecule has 2 aromatic heterocycles. The van der Waals surface area contributed by atoms with Gasteiger partial charge in [-0.1, -0.05) is 0 Å². The minimum Gasteiger partial charge on any atom is -0.297 e. The summed E-state index contributed by atoms with van der Waals surface area (Å²) in [6, 6.07) is 4.33. The molecule has 0 radical (unpaired) electrons. The Balaban J connectivity index is 1.89. The highest BCUT2D eigenvalue weighted by molar-refractivity contribution is 7.15. The Bertz CT molecular complexity index is 672. The number of aryl methyl sites for hydroxylation is 2. The van der Waals surface area contributed by atoms with Crippen LogP contribution in [0, 0.1) is 0 Å². The zero-order valence-corrected chi connectivity index (χ0v) is 11.5. The van der Waals surface area contributed by atoms with E-state index in [0.29, 0.717) is 0 Å². The predicted octanol–water partition coefficient (Wildman–Crippen LogP) is 4.43. The van der Waals surface area contributed by atoms with Gasteiger partial charge in [0.1, 0.15) is 0 Å². The van der Waals surface area contributed by atoms with Crippen LogP contribution in [0.3, 0.4) is 0 Å². The molecular formula is C15H12OS2. The third-order valence-corrected chi connectivity index (χ3v) is 6.07. The molecule has 0 spiro atoms. The predicted molar refractivity (Wildman–Crippen MR) is 77.5 cm³/mol. The fourth-order valence-electron chi connectivity index (χ4n) is 3.07. The first-order valence-electron chi connectivity index (χ1n) is 6.24. The van der Waals surface area contributed by atoms with Gasteiger partial charge in [0.15, 0.2) is 6.29 Å². The SMILES string of the molecule is O=Cc1cc2c(s1)C(=C1CCc3ccsc31)CC2. The van der Waals surface area contributed by atoms with E-state index in [4.69, 9.17) is 0 Å². The zero-order valence-electron chi connectivity index (χ0n) is 9.86. The molecule has 1 nitrogen and oxygen atoms in total. The Labute approximate surface area is 114 Å². The molecule has 0 bridgehead atoms. The molecule has 2 heterocycles. The minimum absolute atomic E-state index is 0.877. The Morgan fingerprint density at radius 3 is 2.61 bits per heavy atom. The number of aldehydes is 1. The molecule has 2 aliphatic rings. The summed E-state index contributed by atoms with van der Waals surface area (Å²) in [6.07, 6.45) is 5.63. The molecule has 0 saturated heterocycles. The number of hydrogen-bond acceptors (Lipinski definition) is 3. The first kappa shape index (κ1) is 10.7. The first-order chi connectivity index (χ1) is 8.86. The van der Waals surface area contributed by atoms with Crippen molar-refractivity contribution in [1.82, 2.24) is 0 Å². The van der Waals surface area contributed by atoms with Gasteiger partial charge in [0.05, 0.1) is 4.88 Å². The molecule has 0 amide bonds. The average Bonchev–Trinajstić information content (AvgIpc) is 3.08. The minimum atomic E-state index is 0.877. The van der Waals surface area contributed by atoms with Crippen LogP contribution in [0.4, 0.5) is 0 Å². The summed E-state index contributed by atoms with van der Waals surface area (Å²) < 4.78 is 0. The van der Waals surface area contributed by atoms with E-state index >= 15 is 0 Å². The maximum Gasteiger partial charge on any atom is 0.160 e. The summed E-state index contributed by atoms with van der Waals surface area (Å²) >= 11 is 3.54. The van der Waals surface area contributed by atoms with Crippen LogP contribution in [0.2, 0.25) is 0 Å². The van der Waals surface area contributed by atoms with Gasteiger partial charge in [-0.15, -0.1) is 22.7 Å². The summed E-state index contributed by atoms with van der Waals surface area (Å²) in [5.74, 6) is 0. The maximum atomic E-state index is 10.9. The van der Waals surface area contributed by atoms with Crippen molar-refractivity contribution in [2.24, 2.45) is 0 Å². The van der Waals surface area contributed by atoms with Crippen molar-refractivity contribution in [3.05, 3.63) is 43.3 Å². The third kappa shape index (κ3) is 1.41. The highest BCUT2D eigenvalue weighted by Gasteiger charge is 2.27.